The van der Waals surface area contributed by atoms with Gasteiger partial charge in [-0.2, -0.15) is 0 Å². The molecule has 0 saturated heterocycles. The molecule has 0 unspecified atom stereocenters. The number of benzene rings is 7. The molecule has 0 atom stereocenters. The van der Waals surface area contributed by atoms with E-state index in [0.29, 0.717) is 0 Å². The third kappa shape index (κ3) is 8.44. The molecule has 11 aromatic rings. The molecule has 5 heteroatoms. The second kappa shape index (κ2) is 18.4. The number of fused-ring (bicyclic) bond motifs is 5. The molecule has 4 aromatic heterocycles. The van der Waals surface area contributed by atoms with Crippen molar-refractivity contribution in [3.8, 4) is 44.8 Å². The van der Waals surface area contributed by atoms with Gasteiger partial charge in [0.1, 0.15) is 0 Å². The summed E-state index contributed by atoms with van der Waals surface area (Å²) in [4.78, 5) is 18.2. The van der Waals surface area contributed by atoms with E-state index in [9.17, 15) is 0 Å². The van der Waals surface area contributed by atoms with Gasteiger partial charge in [0.15, 0.2) is 0 Å². The minimum absolute atomic E-state index is 0. The van der Waals surface area contributed by atoms with Crippen molar-refractivity contribution in [1.82, 2.24) is 19.9 Å². The zero-order chi connectivity index (χ0) is 38.9. The van der Waals surface area contributed by atoms with Crippen molar-refractivity contribution in [3.05, 3.63) is 231 Å². The molecule has 1 radical (unpaired) electrons. The summed E-state index contributed by atoms with van der Waals surface area (Å²) in [7, 11) is 0. The maximum absolute atomic E-state index is 4.67. The Kier molecular flexibility index (Phi) is 12.1. The van der Waals surface area contributed by atoms with Gasteiger partial charge in [0.05, 0.1) is 11.0 Å². The van der Waals surface area contributed by atoms with Crippen LogP contribution in [0, 0.1) is 12.1 Å². The van der Waals surface area contributed by atoms with E-state index in [1.165, 1.54) is 43.8 Å². The Morgan fingerprint density at radius 2 is 0.695 bits per heavy atom. The molecular formula is C54H36IrN4-2. The second-order valence-corrected chi connectivity index (χ2v) is 13.6. The molecule has 0 bridgehead atoms. The quantitative estimate of drug-likeness (QED) is 0.130. The molecule has 0 aliphatic carbocycles. The van der Waals surface area contributed by atoms with Gasteiger partial charge in [0, 0.05) is 55.7 Å². The Balaban J connectivity index is 0.000000128. The molecule has 283 valence electrons. The molecule has 0 fully saturated rings. The van der Waals surface area contributed by atoms with E-state index in [1.54, 1.807) is 0 Å². The molecule has 4 nitrogen and oxygen atoms in total. The summed E-state index contributed by atoms with van der Waals surface area (Å²) in [5.74, 6) is 0. The first-order valence-electron chi connectivity index (χ1n) is 19.2. The Morgan fingerprint density at radius 3 is 1.12 bits per heavy atom. The molecule has 0 saturated carbocycles. The summed E-state index contributed by atoms with van der Waals surface area (Å²) in [5.41, 5.74) is 10.7. The van der Waals surface area contributed by atoms with Crippen molar-refractivity contribution in [3.63, 3.8) is 0 Å². The van der Waals surface area contributed by atoms with Crippen molar-refractivity contribution in [2.45, 2.75) is 0 Å². The molecule has 0 N–H and O–H groups in total. The molecule has 0 aliphatic rings. The minimum atomic E-state index is 0. The fraction of sp³-hybridized carbons (Fsp3) is 0. The van der Waals surface area contributed by atoms with Gasteiger partial charge in [0.2, 0.25) is 0 Å². The van der Waals surface area contributed by atoms with Crippen molar-refractivity contribution < 1.29 is 20.1 Å². The van der Waals surface area contributed by atoms with E-state index in [4.69, 9.17) is 0 Å². The fourth-order valence-corrected chi connectivity index (χ4v) is 7.32. The maximum Gasteiger partial charge on any atom is 0.0970 e. The van der Waals surface area contributed by atoms with Gasteiger partial charge in [-0.25, -0.2) is 0 Å². The first kappa shape index (κ1) is 38.7. The Hall–Kier alpha value is -7.17. The first-order valence-corrected chi connectivity index (χ1v) is 19.2. The first-order chi connectivity index (χ1) is 28.8. The number of hydrogen-bond donors (Lipinski definition) is 0. The Morgan fingerprint density at radius 1 is 0.305 bits per heavy atom. The summed E-state index contributed by atoms with van der Waals surface area (Å²) in [6, 6.07) is 72.2. The predicted molar refractivity (Wildman–Crippen MR) is 240 cm³/mol. The number of aromatic nitrogens is 4. The number of rotatable bonds is 4. The van der Waals surface area contributed by atoms with Crippen LogP contribution in [0.25, 0.3) is 88.1 Å². The van der Waals surface area contributed by atoms with Crippen LogP contribution in [-0.4, -0.2) is 19.9 Å². The average Bonchev–Trinajstić information content (AvgIpc) is 3.32. The summed E-state index contributed by atoms with van der Waals surface area (Å²) in [5, 5.41) is 7.03. The smallest absolute Gasteiger partial charge is 0.0970 e. The summed E-state index contributed by atoms with van der Waals surface area (Å²) >= 11 is 0. The molecule has 11 rings (SSSR count). The van der Waals surface area contributed by atoms with E-state index in [1.807, 2.05) is 122 Å². The molecule has 0 aliphatic heterocycles. The SMILES string of the molecule is [Ir].[c-]1ccccc1-c1nccc2ccccc12.[c-]1ccccc1-c1nccc2ccccc12.c1ccc(-c2ccnc3c2ccc2c(-c4ccccc4)ccnc23)cc1. The van der Waals surface area contributed by atoms with E-state index in [0.717, 1.165) is 44.3 Å². The van der Waals surface area contributed by atoms with E-state index in [2.05, 4.69) is 129 Å². The fourth-order valence-electron chi connectivity index (χ4n) is 7.32. The van der Waals surface area contributed by atoms with Gasteiger partial charge in [-0.1, -0.05) is 121 Å². The second-order valence-electron chi connectivity index (χ2n) is 13.6. The summed E-state index contributed by atoms with van der Waals surface area (Å²) < 4.78 is 0. The van der Waals surface area contributed by atoms with Crippen molar-refractivity contribution in [1.29, 1.82) is 0 Å². The van der Waals surface area contributed by atoms with Gasteiger partial charge in [-0.3, -0.25) is 9.97 Å². The topological polar surface area (TPSA) is 51.6 Å². The molecule has 7 aromatic carbocycles. The van der Waals surface area contributed by atoms with Crippen LogP contribution < -0.4 is 0 Å². The normalized spacial score (nSPS) is 10.6. The number of nitrogens with zero attached hydrogens (tertiary/aromatic N) is 4. The maximum atomic E-state index is 4.67. The van der Waals surface area contributed by atoms with Crippen LogP contribution in [0.4, 0.5) is 0 Å². The number of pyridine rings is 4. The van der Waals surface area contributed by atoms with Crippen LogP contribution >= 0.6 is 0 Å². The zero-order valence-electron chi connectivity index (χ0n) is 31.9. The monoisotopic (exact) mass is 933 g/mol. The largest absolute Gasteiger partial charge is 0.304 e. The van der Waals surface area contributed by atoms with Gasteiger partial charge < -0.3 is 9.97 Å². The molecule has 59 heavy (non-hydrogen) atoms. The van der Waals surface area contributed by atoms with Gasteiger partial charge in [-0.05, 0) is 79.5 Å². The summed E-state index contributed by atoms with van der Waals surface area (Å²) in [6.45, 7) is 0. The third-order valence-corrected chi connectivity index (χ3v) is 10.1. The number of hydrogen-bond acceptors (Lipinski definition) is 4. The van der Waals surface area contributed by atoms with E-state index in [-0.39, 0.29) is 20.1 Å². The van der Waals surface area contributed by atoms with Crippen LogP contribution in [0.2, 0.25) is 0 Å². The molecule has 0 amide bonds. The summed E-state index contributed by atoms with van der Waals surface area (Å²) in [6.07, 6.45) is 7.44. The Labute approximate surface area is 357 Å². The van der Waals surface area contributed by atoms with Crippen LogP contribution in [-0.2, 0) is 20.1 Å². The van der Waals surface area contributed by atoms with Crippen molar-refractivity contribution >= 4 is 43.4 Å². The molecule has 4 heterocycles. The van der Waals surface area contributed by atoms with Gasteiger partial charge in [-0.15, -0.1) is 71.8 Å². The Bertz CT molecular complexity index is 2880. The van der Waals surface area contributed by atoms with Crippen LogP contribution in [0.15, 0.2) is 219 Å². The van der Waals surface area contributed by atoms with Crippen LogP contribution in [0.5, 0.6) is 0 Å². The minimum Gasteiger partial charge on any atom is -0.304 e. The van der Waals surface area contributed by atoms with Crippen LogP contribution in [0.3, 0.4) is 0 Å². The van der Waals surface area contributed by atoms with Crippen molar-refractivity contribution in [2.24, 2.45) is 0 Å². The third-order valence-electron chi connectivity index (χ3n) is 10.1. The van der Waals surface area contributed by atoms with E-state index >= 15 is 0 Å². The van der Waals surface area contributed by atoms with Gasteiger partial charge >= 0.3 is 0 Å². The van der Waals surface area contributed by atoms with Gasteiger partial charge in [0.25, 0.3) is 0 Å². The molecule has 0 spiro atoms. The molecular weight excluding hydrogens is 897 g/mol. The predicted octanol–water partition coefficient (Wildman–Crippen LogP) is 13.5. The van der Waals surface area contributed by atoms with Crippen LogP contribution in [0.1, 0.15) is 0 Å². The zero-order valence-corrected chi connectivity index (χ0v) is 34.3. The van der Waals surface area contributed by atoms with Crippen molar-refractivity contribution in [2.75, 3.05) is 0 Å². The van der Waals surface area contributed by atoms with E-state index < -0.39 is 0 Å². The standard InChI is InChI=1S/C24H16N2.2C15H10N.Ir/c1-3-7-17(8-4-1)19-13-15-25-23-21(19)11-12-22-20(14-16-26-24(22)23)18-9-5-2-6-10-18;2*1-2-7-13(8-3-1)15-14-9-5-4-6-12(14)10-11-16-15;/h1-16H;2*1-7,9-11H;/q;2*-1;. The average molecular weight is 933 g/mol.